The van der Waals surface area contributed by atoms with Crippen LogP contribution in [0.4, 0.5) is 0 Å². The molecule has 0 bridgehead atoms. The van der Waals surface area contributed by atoms with E-state index in [1.165, 1.54) is 11.1 Å². The number of carbonyl (C=O) groups is 1. The highest BCUT2D eigenvalue weighted by Gasteiger charge is 2.25. The Morgan fingerprint density at radius 2 is 1.96 bits per heavy atom. The smallest absolute Gasteiger partial charge is 0.274 e. The van der Waals surface area contributed by atoms with Gasteiger partial charge in [-0.05, 0) is 31.7 Å². The van der Waals surface area contributed by atoms with E-state index in [0.717, 1.165) is 19.3 Å². The third-order valence-electron chi connectivity index (χ3n) is 4.81. The summed E-state index contributed by atoms with van der Waals surface area (Å²) in [5.74, 6) is 0.304. The third-order valence-corrected chi connectivity index (χ3v) is 4.81. The van der Waals surface area contributed by atoms with E-state index < -0.39 is 0 Å². The molecule has 0 radical (unpaired) electrons. The minimum atomic E-state index is -0.179. The van der Waals surface area contributed by atoms with Gasteiger partial charge in [0.2, 0.25) is 0 Å². The number of benzene rings is 1. The van der Waals surface area contributed by atoms with Gasteiger partial charge in [0.25, 0.3) is 11.5 Å². The highest BCUT2D eigenvalue weighted by Crippen LogP contribution is 2.24. The first kappa shape index (κ1) is 15.7. The summed E-state index contributed by atoms with van der Waals surface area (Å²) in [7, 11) is 0. The summed E-state index contributed by atoms with van der Waals surface area (Å²) in [5, 5.41) is 8.61. The summed E-state index contributed by atoms with van der Waals surface area (Å²) in [6.07, 6.45) is 4.54. The van der Waals surface area contributed by atoms with Crippen molar-refractivity contribution >= 4 is 16.7 Å². The Bertz CT molecular complexity index is 781. The second kappa shape index (κ2) is 6.52. The Labute approximate surface area is 135 Å². The van der Waals surface area contributed by atoms with Crippen molar-refractivity contribution in [2.45, 2.75) is 52.1 Å². The molecule has 0 spiro atoms. The highest BCUT2D eigenvalue weighted by atomic mass is 16.2. The van der Waals surface area contributed by atoms with Gasteiger partial charge in [-0.15, -0.1) is 0 Å². The predicted octanol–water partition coefficient (Wildman–Crippen LogP) is 2.72. The molecule has 0 unspecified atom stereocenters. The highest BCUT2D eigenvalue weighted by molar-refractivity contribution is 6.04. The predicted molar refractivity (Wildman–Crippen MR) is 90.6 cm³/mol. The maximum Gasteiger partial charge on any atom is 0.274 e. The standard InChI is InChI=1S/C18H23N3O2/c1-3-21-18(23)14-10-6-5-9-13(14)16(20-21)17(22)19-15-11-7-4-8-12(15)2/h5-6,9-10,12,15H,3-4,7-8,11H2,1-2H3,(H,19,22)/t12-,15-/m1/s1. The molecule has 1 aliphatic rings. The number of fused-ring (bicyclic) bond motifs is 1. The summed E-state index contributed by atoms with van der Waals surface area (Å²) >= 11 is 0. The molecule has 122 valence electrons. The molecule has 1 aliphatic carbocycles. The van der Waals surface area contributed by atoms with Crippen LogP contribution in [0.3, 0.4) is 0 Å². The molecule has 1 N–H and O–H groups in total. The SMILES string of the molecule is CCn1nc(C(=O)N[C@@H]2CCCC[C@H]2C)c2ccccc2c1=O. The second-order valence-corrected chi connectivity index (χ2v) is 6.36. The Balaban J connectivity index is 2.00. The number of rotatable bonds is 3. The van der Waals surface area contributed by atoms with E-state index in [1.54, 1.807) is 12.1 Å². The van der Waals surface area contributed by atoms with E-state index in [-0.39, 0.29) is 17.5 Å². The van der Waals surface area contributed by atoms with E-state index in [4.69, 9.17) is 0 Å². The molecule has 1 aromatic carbocycles. The number of aryl methyl sites for hydroxylation is 1. The van der Waals surface area contributed by atoms with Crippen LogP contribution in [0.1, 0.15) is 50.0 Å². The molecule has 2 atom stereocenters. The van der Waals surface area contributed by atoms with Crippen molar-refractivity contribution in [2.75, 3.05) is 0 Å². The summed E-state index contributed by atoms with van der Waals surface area (Å²) in [6.45, 7) is 4.49. The van der Waals surface area contributed by atoms with Gasteiger partial charge in [-0.1, -0.05) is 38.0 Å². The fourth-order valence-corrected chi connectivity index (χ4v) is 3.38. The molecule has 5 heteroatoms. The average Bonchev–Trinajstić information content (AvgIpc) is 2.57. The molecule has 0 saturated heterocycles. The van der Waals surface area contributed by atoms with Crippen LogP contribution in [-0.4, -0.2) is 21.7 Å². The summed E-state index contributed by atoms with van der Waals surface area (Å²) in [5.41, 5.74) is 0.200. The van der Waals surface area contributed by atoms with E-state index >= 15 is 0 Å². The molecular formula is C18H23N3O2. The zero-order valence-electron chi connectivity index (χ0n) is 13.7. The molecule has 23 heavy (non-hydrogen) atoms. The van der Waals surface area contributed by atoms with Gasteiger partial charge < -0.3 is 5.32 Å². The van der Waals surface area contributed by atoms with Gasteiger partial charge in [-0.25, -0.2) is 4.68 Å². The van der Waals surface area contributed by atoms with E-state index in [1.807, 2.05) is 19.1 Å². The normalized spacial score (nSPS) is 21.3. The van der Waals surface area contributed by atoms with Gasteiger partial charge in [0, 0.05) is 18.0 Å². The first-order valence-electron chi connectivity index (χ1n) is 8.42. The Morgan fingerprint density at radius 1 is 1.26 bits per heavy atom. The molecular weight excluding hydrogens is 290 g/mol. The number of nitrogens with one attached hydrogen (secondary N) is 1. The van der Waals surface area contributed by atoms with E-state index in [9.17, 15) is 9.59 Å². The van der Waals surface area contributed by atoms with Gasteiger partial charge in [0.1, 0.15) is 0 Å². The maximum atomic E-state index is 12.8. The monoisotopic (exact) mass is 313 g/mol. The number of hydrogen-bond acceptors (Lipinski definition) is 3. The fourth-order valence-electron chi connectivity index (χ4n) is 3.38. The molecule has 1 amide bonds. The van der Waals surface area contributed by atoms with Crippen LogP contribution in [0.15, 0.2) is 29.1 Å². The van der Waals surface area contributed by atoms with Crippen molar-refractivity contribution in [3.05, 3.63) is 40.3 Å². The van der Waals surface area contributed by atoms with Crippen LogP contribution in [0.5, 0.6) is 0 Å². The average molecular weight is 313 g/mol. The molecule has 1 saturated carbocycles. The Kier molecular flexibility index (Phi) is 4.46. The molecule has 1 heterocycles. The van der Waals surface area contributed by atoms with Crippen LogP contribution in [0.2, 0.25) is 0 Å². The number of carbonyl (C=O) groups excluding carboxylic acids is 1. The van der Waals surface area contributed by atoms with Crippen molar-refractivity contribution < 1.29 is 4.79 Å². The topological polar surface area (TPSA) is 64.0 Å². The number of amides is 1. The minimum absolute atomic E-state index is 0.148. The molecule has 1 fully saturated rings. The molecule has 5 nitrogen and oxygen atoms in total. The Hall–Kier alpha value is -2.17. The quantitative estimate of drug-likeness (QED) is 0.947. The zero-order valence-corrected chi connectivity index (χ0v) is 13.7. The maximum absolute atomic E-state index is 12.8. The summed E-state index contributed by atoms with van der Waals surface area (Å²) < 4.78 is 1.36. The lowest BCUT2D eigenvalue weighted by molar-refractivity contribution is 0.0904. The minimum Gasteiger partial charge on any atom is -0.348 e. The fraction of sp³-hybridized carbons (Fsp3) is 0.500. The lowest BCUT2D eigenvalue weighted by atomic mass is 9.86. The lowest BCUT2D eigenvalue weighted by Crippen LogP contribution is -2.42. The van der Waals surface area contributed by atoms with E-state index in [0.29, 0.717) is 28.9 Å². The van der Waals surface area contributed by atoms with Crippen LogP contribution in [0.25, 0.3) is 10.8 Å². The molecule has 1 aromatic heterocycles. The largest absolute Gasteiger partial charge is 0.348 e. The van der Waals surface area contributed by atoms with Crippen LogP contribution in [0, 0.1) is 5.92 Å². The van der Waals surface area contributed by atoms with Crippen LogP contribution in [-0.2, 0) is 6.54 Å². The molecule has 3 rings (SSSR count). The number of aromatic nitrogens is 2. The van der Waals surface area contributed by atoms with Crippen molar-refractivity contribution in [3.63, 3.8) is 0 Å². The third kappa shape index (κ3) is 3.00. The first-order chi connectivity index (χ1) is 11.1. The van der Waals surface area contributed by atoms with Gasteiger partial charge in [0.15, 0.2) is 5.69 Å². The zero-order chi connectivity index (χ0) is 16.4. The molecule has 0 aliphatic heterocycles. The second-order valence-electron chi connectivity index (χ2n) is 6.36. The Morgan fingerprint density at radius 3 is 2.65 bits per heavy atom. The van der Waals surface area contributed by atoms with E-state index in [2.05, 4.69) is 17.3 Å². The van der Waals surface area contributed by atoms with Gasteiger partial charge in [-0.3, -0.25) is 9.59 Å². The van der Waals surface area contributed by atoms with Crippen molar-refractivity contribution in [1.29, 1.82) is 0 Å². The van der Waals surface area contributed by atoms with Gasteiger partial charge in [0.05, 0.1) is 5.39 Å². The van der Waals surface area contributed by atoms with Crippen molar-refractivity contribution in [3.8, 4) is 0 Å². The van der Waals surface area contributed by atoms with Crippen LogP contribution >= 0.6 is 0 Å². The number of nitrogens with zero attached hydrogens (tertiary/aromatic N) is 2. The first-order valence-corrected chi connectivity index (χ1v) is 8.42. The van der Waals surface area contributed by atoms with Crippen LogP contribution < -0.4 is 10.9 Å². The van der Waals surface area contributed by atoms with Gasteiger partial charge in [-0.2, -0.15) is 5.10 Å². The number of hydrogen-bond donors (Lipinski definition) is 1. The molecule has 2 aromatic rings. The van der Waals surface area contributed by atoms with Gasteiger partial charge >= 0.3 is 0 Å². The van der Waals surface area contributed by atoms with Crippen molar-refractivity contribution in [2.24, 2.45) is 5.92 Å². The summed E-state index contributed by atoms with van der Waals surface area (Å²) in [4.78, 5) is 25.1. The summed E-state index contributed by atoms with van der Waals surface area (Å²) in [6, 6.07) is 7.39. The van der Waals surface area contributed by atoms with Crippen molar-refractivity contribution in [1.82, 2.24) is 15.1 Å². The lowest BCUT2D eigenvalue weighted by Gasteiger charge is -2.29.